The third kappa shape index (κ3) is 8.41. The fraction of sp³-hybridized carbons (Fsp3) is 0.179. The Morgan fingerprint density at radius 3 is 1.65 bits per heavy atom. The second kappa shape index (κ2) is 20.3. The topological polar surface area (TPSA) is 180 Å². The van der Waals surface area contributed by atoms with Gasteiger partial charge >= 0.3 is 5.97 Å². The molecule has 6 aromatic carbocycles. The number of benzene rings is 6. The molecule has 16 heteroatoms. The lowest BCUT2D eigenvalue weighted by Gasteiger charge is -2.56. The summed E-state index contributed by atoms with van der Waals surface area (Å²) in [4.78, 5) is 69.9. The first-order chi connectivity index (χ1) is 35.2. The lowest BCUT2D eigenvalue weighted by Crippen LogP contribution is -2.84. The van der Waals surface area contributed by atoms with Gasteiger partial charge in [0.2, 0.25) is 5.60 Å². The van der Waals surface area contributed by atoms with Gasteiger partial charge in [-0.3, -0.25) is 23.5 Å². The van der Waals surface area contributed by atoms with Gasteiger partial charge in [-0.1, -0.05) is 187 Å². The van der Waals surface area contributed by atoms with Crippen LogP contribution in [-0.2, 0) is 50.7 Å². The fourth-order valence-electron chi connectivity index (χ4n) is 10.1. The van der Waals surface area contributed by atoms with E-state index in [0.717, 1.165) is 34.4 Å². The number of aromatic nitrogens is 1. The highest BCUT2D eigenvalue weighted by Gasteiger charge is 2.69. The predicted octanol–water partition coefficient (Wildman–Crippen LogP) is 7.61. The number of likely N-dealkylation sites (tertiary alicyclic amines) is 1. The van der Waals surface area contributed by atoms with E-state index in [-0.39, 0.29) is 35.0 Å². The van der Waals surface area contributed by atoms with Gasteiger partial charge in [-0.15, -0.1) is 11.3 Å². The summed E-state index contributed by atoms with van der Waals surface area (Å²) in [7, 11) is -1.98. The maximum absolute atomic E-state index is 15.5. The average molecular weight is 997 g/mol. The number of rotatable bonds is 18. The van der Waals surface area contributed by atoms with Crippen LogP contribution in [0, 0.1) is 0 Å². The lowest BCUT2D eigenvalue weighted by atomic mass is 9.77. The Morgan fingerprint density at radius 1 is 0.750 bits per heavy atom. The first kappa shape index (κ1) is 47.5. The van der Waals surface area contributed by atoms with Crippen molar-refractivity contribution >= 4 is 57.2 Å². The molecule has 2 saturated heterocycles. The van der Waals surface area contributed by atoms with Crippen molar-refractivity contribution in [2.45, 2.75) is 34.9 Å². The number of anilines is 1. The van der Waals surface area contributed by atoms with Gasteiger partial charge < -0.3 is 30.2 Å². The van der Waals surface area contributed by atoms with E-state index in [9.17, 15) is 23.7 Å². The summed E-state index contributed by atoms with van der Waals surface area (Å²) >= 11 is 1.21. The number of thiazole rings is 1. The van der Waals surface area contributed by atoms with Crippen molar-refractivity contribution in [3.8, 4) is 0 Å². The van der Waals surface area contributed by atoms with Crippen molar-refractivity contribution in [2.24, 2.45) is 5.16 Å². The van der Waals surface area contributed by atoms with E-state index in [1.165, 1.54) is 11.3 Å². The van der Waals surface area contributed by atoms with Gasteiger partial charge in [0.15, 0.2) is 22.1 Å². The van der Waals surface area contributed by atoms with Crippen LogP contribution < -0.4 is 10.6 Å². The fourth-order valence-corrected chi connectivity index (χ4v) is 12.7. The van der Waals surface area contributed by atoms with Crippen LogP contribution in [0.2, 0.25) is 0 Å². The Kier molecular flexibility index (Phi) is 13.4. The Hall–Kier alpha value is -8.21. The molecule has 4 heterocycles. The van der Waals surface area contributed by atoms with Gasteiger partial charge in [-0.25, -0.2) is 9.78 Å². The Bertz CT molecular complexity index is 2980. The number of fused-ring (bicyclic) bond motifs is 1. The minimum absolute atomic E-state index is 0.0356. The maximum atomic E-state index is 15.5. The monoisotopic (exact) mass is 996 g/mol. The highest BCUT2D eigenvalue weighted by Crippen LogP contribution is 2.45. The minimum Gasteiger partial charge on any atom is -0.477 e. The molecule has 10 rings (SSSR count). The molecule has 3 atom stereocenters. The SMILES string of the molecule is O=COCC1(NC(=O)C(=NOC(c2ccccc2)(c2ccccc2)c2ccccc2)c2csc(NC(c3ccccc3)(c3ccccc3)c3ccccc3)n2)C(=O)N2C(C(=O)O)=C(N3CCCC3)CS(=O)[C@H]21. The summed E-state index contributed by atoms with van der Waals surface area (Å²) in [5, 5.41) is 22.5. The molecule has 0 aliphatic carbocycles. The first-order valence-corrected chi connectivity index (χ1v) is 25.6. The van der Waals surface area contributed by atoms with Crippen LogP contribution in [0.4, 0.5) is 5.13 Å². The molecule has 7 aromatic rings. The van der Waals surface area contributed by atoms with E-state index in [1.807, 2.05) is 187 Å². The van der Waals surface area contributed by atoms with Gasteiger partial charge in [0.1, 0.15) is 23.2 Å². The quantitative estimate of drug-likeness (QED) is 0.0253. The highest BCUT2D eigenvalue weighted by atomic mass is 32.2. The molecule has 3 aliphatic heterocycles. The molecule has 0 radical (unpaired) electrons. The lowest BCUT2D eigenvalue weighted by molar-refractivity contribution is -0.164. The number of carboxylic acids is 1. The zero-order valence-electron chi connectivity index (χ0n) is 38.7. The highest BCUT2D eigenvalue weighted by molar-refractivity contribution is 7.86. The average Bonchev–Trinajstić information content (AvgIpc) is 4.15. The molecule has 0 bridgehead atoms. The van der Waals surface area contributed by atoms with Crippen molar-refractivity contribution < 1.29 is 38.1 Å². The van der Waals surface area contributed by atoms with Crippen LogP contribution in [0.1, 0.15) is 51.9 Å². The van der Waals surface area contributed by atoms with Crippen molar-refractivity contribution in [1.29, 1.82) is 0 Å². The number of amides is 2. The molecule has 72 heavy (non-hydrogen) atoms. The Labute approximate surface area is 422 Å². The largest absolute Gasteiger partial charge is 0.477 e. The molecule has 2 fully saturated rings. The number of carbonyl (C=O) groups excluding carboxylic acids is 3. The number of hydrogen-bond donors (Lipinski definition) is 3. The molecule has 2 amide bonds. The summed E-state index contributed by atoms with van der Waals surface area (Å²) in [5.74, 6) is -3.52. The molecular formula is C56H48N6O8S2. The van der Waals surface area contributed by atoms with E-state index in [0.29, 0.717) is 34.9 Å². The van der Waals surface area contributed by atoms with Crippen LogP contribution in [0.5, 0.6) is 0 Å². The Balaban J connectivity index is 1.13. The van der Waals surface area contributed by atoms with E-state index in [1.54, 1.807) is 5.38 Å². The number of aliphatic carboxylic acids is 1. The third-order valence-corrected chi connectivity index (χ3v) is 15.8. The number of nitrogens with one attached hydrogen (secondary N) is 2. The van der Waals surface area contributed by atoms with Gasteiger partial charge in [0.25, 0.3) is 18.3 Å². The molecule has 0 saturated carbocycles. The number of ether oxygens (including phenoxy) is 1. The summed E-state index contributed by atoms with van der Waals surface area (Å²) in [5.41, 5.74) is -0.353. The van der Waals surface area contributed by atoms with E-state index >= 15 is 4.79 Å². The summed E-state index contributed by atoms with van der Waals surface area (Å²) < 4.78 is 19.7. The summed E-state index contributed by atoms with van der Waals surface area (Å²) in [6, 6.07) is 58.0. The smallest absolute Gasteiger partial charge is 0.354 e. The third-order valence-electron chi connectivity index (χ3n) is 13.4. The van der Waals surface area contributed by atoms with Crippen LogP contribution in [0.25, 0.3) is 0 Å². The van der Waals surface area contributed by atoms with Crippen LogP contribution in [0.15, 0.2) is 204 Å². The van der Waals surface area contributed by atoms with Crippen molar-refractivity contribution in [3.63, 3.8) is 0 Å². The zero-order chi connectivity index (χ0) is 49.7. The zero-order valence-corrected chi connectivity index (χ0v) is 40.3. The molecule has 362 valence electrons. The van der Waals surface area contributed by atoms with E-state index < -0.39 is 57.2 Å². The second-order valence-corrected chi connectivity index (χ2v) is 19.9. The Morgan fingerprint density at radius 2 is 1.21 bits per heavy atom. The number of nitrogens with zero attached hydrogens (tertiary/aromatic N) is 4. The van der Waals surface area contributed by atoms with Crippen molar-refractivity contribution in [3.05, 3.63) is 238 Å². The molecule has 3 aliphatic rings. The van der Waals surface area contributed by atoms with Gasteiger partial charge in [-0.2, -0.15) is 0 Å². The summed E-state index contributed by atoms with van der Waals surface area (Å²) in [6.07, 6.45) is 1.61. The van der Waals surface area contributed by atoms with Crippen molar-refractivity contribution in [1.82, 2.24) is 20.1 Å². The summed E-state index contributed by atoms with van der Waals surface area (Å²) in [6.45, 7) is 0.432. The molecule has 1 aromatic heterocycles. The van der Waals surface area contributed by atoms with Gasteiger partial charge in [-0.05, 0) is 29.5 Å². The first-order valence-electron chi connectivity index (χ1n) is 23.3. The molecule has 14 nitrogen and oxygen atoms in total. The normalized spacial score (nSPS) is 18.9. The number of carboxylic acid groups (broad SMARTS) is 1. The van der Waals surface area contributed by atoms with Crippen LogP contribution in [-0.4, -0.2) is 90.4 Å². The van der Waals surface area contributed by atoms with Crippen LogP contribution >= 0.6 is 11.3 Å². The van der Waals surface area contributed by atoms with Gasteiger partial charge in [0.05, 0.1) is 22.2 Å². The van der Waals surface area contributed by atoms with Gasteiger partial charge in [0, 0.05) is 35.2 Å². The molecular weight excluding hydrogens is 949 g/mol. The number of β-lactam (4-membered cyclic amide) rings is 1. The molecule has 0 spiro atoms. The predicted molar refractivity (Wildman–Crippen MR) is 274 cm³/mol. The standard InChI is InChI=1S/C56H48N6O8S2/c63-38-69-37-54(51(67)62-48(50(65)66)46(36-72(68)52(54)62)61-33-19-20-34-61)58-49(64)47(60-70-56(42-27-13-4-14-28-42,43-29-15-5-16-30-43)44-31-17-6-18-32-44)45-35-71-53(57-45)59-55(39-21-7-1-8-22-39,40-23-9-2-10-24-40)41-25-11-3-12-26-41/h1-18,21-32,35,38,52H,19-20,33-34,36-37H2,(H,57,59)(H,58,64)(H,65,66)/t52-,54?,72?/m0/s1. The number of hydrogen-bond acceptors (Lipinski definition) is 12. The number of oxime groups is 1. The maximum Gasteiger partial charge on any atom is 0.354 e. The van der Waals surface area contributed by atoms with E-state index in [2.05, 4.69) is 10.6 Å². The second-order valence-electron chi connectivity index (χ2n) is 17.5. The van der Waals surface area contributed by atoms with E-state index in [4.69, 9.17) is 19.7 Å². The molecule has 3 N–H and O–H groups in total. The molecule has 2 unspecified atom stereocenters. The number of carbonyl (C=O) groups is 4. The minimum atomic E-state index is -2.18. The van der Waals surface area contributed by atoms with Crippen molar-refractivity contribution in [2.75, 3.05) is 30.8 Å². The van der Waals surface area contributed by atoms with Crippen LogP contribution in [0.3, 0.4) is 0 Å².